The van der Waals surface area contributed by atoms with E-state index in [9.17, 15) is 0 Å². The van der Waals surface area contributed by atoms with Crippen LogP contribution in [0.3, 0.4) is 0 Å². The highest BCUT2D eigenvalue weighted by Gasteiger charge is 2.17. The molecule has 1 N–H and O–H groups in total. The lowest BCUT2D eigenvalue weighted by Gasteiger charge is -2.15. The average molecular weight is 296 g/mol. The van der Waals surface area contributed by atoms with Crippen LogP contribution in [0.25, 0.3) is 10.8 Å². The molecular formula is C15H15Cl2NO. The van der Waals surface area contributed by atoms with Gasteiger partial charge in [-0.2, -0.15) is 0 Å². The van der Waals surface area contributed by atoms with Crippen LogP contribution in [-0.2, 0) is 0 Å². The smallest absolute Gasteiger partial charge is 0.145 e. The van der Waals surface area contributed by atoms with Crippen molar-refractivity contribution in [2.24, 2.45) is 5.92 Å². The summed E-state index contributed by atoms with van der Waals surface area (Å²) in [6.45, 7) is 2.78. The van der Waals surface area contributed by atoms with Gasteiger partial charge < -0.3 is 10.1 Å². The summed E-state index contributed by atoms with van der Waals surface area (Å²) in [5.74, 6) is 1.30. The lowest BCUT2D eigenvalue weighted by atomic mass is 10.1. The zero-order valence-electron chi connectivity index (χ0n) is 10.5. The Morgan fingerprint density at radius 3 is 2.68 bits per heavy atom. The van der Waals surface area contributed by atoms with E-state index in [1.165, 1.54) is 0 Å². The summed E-state index contributed by atoms with van der Waals surface area (Å²) in [4.78, 5) is 0. The molecule has 2 nitrogen and oxygen atoms in total. The minimum atomic E-state index is 0.561. The molecule has 1 fully saturated rings. The SMILES string of the molecule is Clc1cc(Cl)c2ccccc2c1OC[C@H]1CCNC1. The van der Waals surface area contributed by atoms with Crippen molar-refractivity contribution in [3.63, 3.8) is 0 Å². The van der Waals surface area contributed by atoms with Crippen molar-refractivity contribution in [2.45, 2.75) is 6.42 Å². The predicted molar refractivity (Wildman–Crippen MR) is 80.4 cm³/mol. The molecule has 0 radical (unpaired) electrons. The van der Waals surface area contributed by atoms with Crippen LogP contribution in [0, 0.1) is 5.92 Å². The molecule has 2 aromatic carbocycles. The third-order valence-corrected chi connectivity index (χ3v) is 4.12. The molecule has 0 amide bonds. The van der Waals surface area contributed by atoms with Gasteiger partial charge in [-0.15, -0.1) is 0 Å². The van der Waals surface area contributed by atoms with Crippen LogP contribution in [0.15, 0.2) is 30.3 Å². The van der Waals surface area contributed by atoms with Crippen molar-refractivity contribution < 1.29 is 4.74 Å². The zero-order chi connectivity index (χ0) is 13.2. The Balaban J connectivity index is 1.93. The number of hydrogen-bond acceptors (Lipinski definition) is 2. The van der Waals surface area contributed by atoms with Gasteiger partial charge in [-0.3, -0.25) is 0 Å². The van der Waals surface area contributed by atoms with Crippen molar-refractivity contribution in [3.05, 3.63) is 40.4 Å². The lowest BCUT2D eigenvalue weighted by molar-refractivity contribution is 0.263. The van der Waals surface area contributed by atoms with Crippen molar-refractivity contribution in [1.29, 1.82) is 0 Å². The number of hydrogen-bond donors (Lipinski definition) is 1. The quantitative estimate of drug-likeness (QED) is 0.919. The second-order valence-electron chi connectivity index (χ2n) is 4.88. The molecular weight excluding hydrogens is 281 g/mol. The fourth-order valence-electron chi connectivity index (χ4n) is 2.48. The number of rotatable bonds is 3. The molecule has 1 atom stereocenters. The fourth-order valence-corrected chi connectivity index (χ4v) is 3.07. The maximum Gasteiger partial charge on any atom is 0.145 e. The summed E-state index contributed by atoms with van der Waals surface area (Å²) < 4.78 is 5.96. The van der Waals surface area contributed by atoms with Crippen molar-refractivity contribution >= 4 is 34.0 Å². The van der Waals surface area contributed by atoms with E-state index < -0.39 is 0 Å². The van der Waals surface area contributed by atoms with Crippen LogP contribution in [0.5, 0.6) is 5.75 Å². The minimum absolute atomic E-state index is 0.561. The minimum Gasteiger partial charge on any atom is -0.491 e. The first-order chi connectivity index (χ1) is 9.25. The predicted octanol–water partition coefficient (Wildman–Crippen LogP) is 4.13. The summed E-state index contributed by atoms with van der Waals surface area (Å²) >= 11 is 12.5. The van der Waals surface area contributed by atoms with Crippen molar-refractivity contribution in [2.75, 3.05) is 19.7 Å². The number of nitrogens with one attached hydrogen (secondary N) is 1. The molecule has 2 aromatic rings. The standard InChI is InChI=1S/C15H15Cl2NO/c16-13-7-14(17)15(12-4-2-1-3-11(12)13)19-9-10-5-6-18-8-10/h1-4,7,10,18H,5-6,8-9H2/t10-/m0/s1. The number of fused-ring (bicyclic) bond motifs is 1. The van der Waals surface area contributed by atoms with Crippen LogP contribution >= 0.6 is 23.2 Å². The van der Waals surface area contributed by atoms with Gasteiger partial charge in [-0.1, -0.05) is 47.5 Å². The zero-order valence-corrected chi connectivity index (χ0v) is 12.0. The van der Waals surface area contributed by atoms with Crippen LogP contribution in [0.4, 0.5) is 0 Å². The normalized spacial score (nSPS) is 18.9. The van der Waals surface area contributed by atoms with Gasteiger partial charge >= 0.3 is 0 Å². The van der Waals surface area contributed by atoms with Gasteiger partial charge in [0, 0.05) is 23.2 Å². The summed E-state index contributed by atoms with van der Waals surface area (Å²) in [5, 5.41) is 6.53. The molecule has 4 heteroatoms. The van der Waals surface area contributed by atoms with Crippen LogP contribution in [0.2, 0.25) is 10.0 Å². The first-order valence-electron chi connectivity index (χ1n) is 6.46. The van der Waals surface area contributed by atoms with Crippen molar-refractivity contribution in [3.8, 4) is 5.75 Å². The summed E-state index contributed by atoms with van der Waals surface area (Å²) in [5.41, 5.74) is 0. The van der Waals surface area contributed by atoms with E-state index in [1.807, 2.05) is 24.3 Å². The van der Waals surface area contributed by atoms with Gasteiger partial charge in [0.2, 0.25) is 0 Å². The van der Waals surface area contributed by atoms with Crippen LogP contribution in [0.1, 0.15) is 6.42 Å². The molecule has 0 spiro atoms. The highest BCUT2D eigenvalue weighted by atomic mass is 35.5. The van der Waals surface area contributed by atoms with Crippen LogP contribution in [-0.4, -0.2) is 19.7 Å². The monoisotopic (exact) mass is 295 g/mol. The molecule has 0 aliphatic carbocycles. The third-order valence-electron chi connectivity index (χ3n) is 3.53. The van der Waals surface area contributed by atoms with Gasteiger partial charge in [-0.25, -0.2) is 0 Å². The molecule has 0 unspecified atom stereocenters. The second-order valence-corrected chi connectivity index (χ2v) is 5.70. The van der Waals surface area contributed by atoms with Crippen molar-refractivity contribution in [1.82, 2.24) is 5.32 Å². The Kier molecular flexibility index (Phi) is 3.83. The number of halogens is 2. The molecule has 19 heavy (non-hydrogen) atoms. The maximum atomic E-state index is 6.27. The van der Waals surface area contributed by atoms with Gasteiger partial charge in [0.05, 0.1) is 16.7 Å². The molecule has 1 aliphatic rings. The summed E-state index contributed by atoms with van der Waals surface area (Å²) in [6, 6.07) is 9.67. The second kappa shape index (κ2) is 5.58. The summed E-state index contributed by atoms with van der Waals surface area (Å²) in [7, 11) is 0. The van der Waals surface area contributed by atoms with E-state index in [4.69, 9.17) is 27.9 Å². The highest BCUT2D eigenvalue weighted by Crippen LogP contribution is 2.38. The molecule has 3 rings (SSSR count). The maximum absolute atomic E-state index is 6.27. The van der Waals surface area contributed by atoms with Gasteiger partial charge in [-0.05, 0) is 19.0 Å². The Hall–Kier alpha value is -0.960. The van der Waals surface area contributed by atoms with E-state index in [-0.39, 0.29) is 0 Å². The van der Waals surface area contributed by atoms with E-state index in [2.05, 4.69) is 5.32 Å². The number of ether oxygens (including phenoxy) is 1. The molecule has 0 aromatic heterocycles. The first kappa shape index (κ1) is 13.0. The molecule has 0 saturated carbocycles. The van der Waals surface area contributed by atoms with E-state index >= 15 is 0 Å². The molecule has 1 saturated heterocycles. The van der Waals surface area contributed by atoms with Gasteiger partial charge in [0.15, 0.2) is 0 Å². The average Bonchev–Trinajstić information content (AvgIpc) is 2.92. The van der Waals surface area contributed by atoms with E-state index in [0.717, 1.165) is 36.0 Å². The highest BCUT2D eigenvalue weighted by molar-refractivity contribution is 6.39. The topological polar surface area (TPSA) is 21.3 Å². The molecule has 0 bridgehead atoms. The molecule has 1 heterocycles. The van der Waals surface area contributed by atoms with E-state index in [1.54, 1.807) is 6.07 Å². The molecule has 1 aliphatic heterocycles. The lowest BCUT2D eigenvalue weighted by Crippen LogP contribution is -2.15. The largest absolute Gasteiger partial charge is 0.491 e. The van der Waals surface area contributed by atoms with Gasteiger partial charge in [0.1, 0.15) is 5.75 Å². The Morgan fingerprint density at radius 1 is 1.16 bits per heavy atom. The van der Waals surface area contributed by atoms with Gasteiger partial charge in [0.25, 0.3) is 0 Å². The van der Waals surface area contributed by atoms with E-state index in [0.29, 0.717) is 22.6 Å². The third kappa shape index (κ3) is 2.66. The Morgan fingerprint density at radius 2 is 1.95 bits per heavy atom. The fraction of sp³-hybridized carbons (Fsp3) is 0.333. The summed E-state index contributed by atoms with van der Waals surface area (Å²) in [6.07, 6.45) is 1.16. The number of benzene rings is 2. The first-order valence-corrected chi connectivity index (χ1v) is 7.21. The van der Waals surface area contributed by atoms with Crippen LogP contribution < -0.4 is 10.1 Å². The Bertz CT molecular complexity index is 594. The Labute approximate surface area is 122 Å². The molecule has 100 valence electrons.